The fourth-order valence-corrected chi connectivity index (χ4v) is 2.02. The van der Waals surface area contributed by atoms with Gasteiger partial charge in [0.2, 0.25) is 0 Å². The molecule has 0 radical (unpaired) electrons. The Balaban J connectivity index is 1.58. The Morgan fingerprint density at radius 1 is 1.12 bits per heavy atom. The highest BCUT2D eigenvalue weighted by atomic mass is 35.5. The van der Waals surface area contributed by atoms with Crippen molar-refractivity contribution in [2.75, 3.05) is 11.9 Å². The fourth-order valence-electron chi connectivity index (χ4n) is 1.83. The molecule has 0 aliphatic carbocycles. The lowest BCUT2D eigenvalue weighted by atomic mass is 10.2. The highest BCUT2D eigenvalue weighted by Crippen LogP contribution is 2.20. The van der Waals surface area contributed by atoms with E-state index < -0.39 is 6.09 Å². The number of amides is 1. The van der Waals surface area contributed by atoms with E-state index in [9.17, 15) is 4.79 Å². The molecule has 4 nitrogen and oxygen atoms in total. The van der Waals surface area contributed by atoms with Gasteiger partial charge in [-0.25, -0.2) is 4.79 Å². The monoisotopic (exact) mass is 352 g/mol. The second-order valence-electron chi connectivity index (χ2n) is 4.99. The first-order valence-electron chi connectivity index (χ1n) is 7.83. The van der Waals surface area contributed by atoms with Crippen LogP contribution in [-0.2, 0) is 4.74 Å². The highest BCUT2D eigenvalue weighted by Gasteiger charge is 2.05. The van der Waals surface area contributed by atoms with Gasteiger partial charge >= 0.3 is 6.09 Å². The molecule has 1 aromatic heterocycles. The molecular weight excluding hydrogens is 336 g/mol. The summed E-state index contributed by atoms with van der Waals surface area (Å²) in [4.78, 5) is 15.6. The van der Waals surface area contributed by atoms with Gasteiger partial charge in [-0.2, -0.15) is 0 Å². The van der Waals surface area contributed by atoms with E-state index in [2.05, 4.69) is 34.0 Å². The first kappa shape index (κ1) is 18.4. The van der Waals surface area contributed by atoms with Crippen LogP contribution in [0.1, 0.15) is 24.8 Å². The van der Waals surface area contributed by atoms with Crippen LogP contribution >= 0.6 is 11.6 Å². The molecule has 1 amide bonds. The molecule has 0 aliphatic heterocycles. The summed E-state index contributed by atoms with van der Waals surface area (Å²) >= 11 is 5.95. The van der Waals surface area contributed by atoms with Crippen molar-refractivity contribution >= 4 is 23.4 Å². The number of benzene rings is 1. The summed E-state index contributed by atoms with van der Waals surface area (Å²) in [6.07, 6.45) is 5.16. The van der Waals surface area contributed by atoms with E-state index in [0.29, 0.717) is 23.7 Å². The summed E-state index contributed by atoms with van der Waals surface area (Å²) in [5, 5.41) is 3.08. The molecule has 2 rings (SSSR count). The van der Waals surface area contributed by atoms with Gasteiger partial charge in [0.1, 0.15) is 0 Å². The number of aromatic nitrogens is 1. The van der Waals surface area contributed by atoms with Crippen molar-refractivity contribution in [1.82, 2.24) is 4.98 Å². The lowest BCUT2D eigenvalue weighted by Crippen LogP contribution is -2.14. The van der Waals surface area contributed by atoms with Crippen LogP contribution in [0.5, 0.6) is 0 Å². The molecule has 1 aromatic carbocycles. The number of anilines is 1. The topological polar surface area (TPSA) is 51.2 Å². The summed E-state index contributed by atoms with van der Waals surface area (Å²) in [6, 6.07) is 10.7. The third-order valence-corrected chi connectivity index (χ3v) is 3.41. The summed E-state index contributed by atoms with van der Waals surface area (Å²) < 4.78 is 5.10. The van der Waals surface area contributed by atoms with Gasteiger partial charge in [-0.05, 0) is 48.9 Å². The Labute approximate surface area is 152 Å². The number of pyridine rings is 1. The van der Waals surface area contributed by atoms with E-state index in [-0.39, 0.29) is 0 Å². The van der Waals surface area contributed by atoms with Crippen LogP contribution < -0.4 is 5.32 Å². The Morgan fingerprint density at radius 3 is 2.72 bits per heavy atom. The molecule has 25 heavy (non-hydrogen) atoms. The SMILES string of the molecule is O=C(Nc1ccccc1Cl)OCCCCC#CC#Cc1ccncc1. The van der Waals surface area contributed by atoms with Gasteiger partial charge in [-0.3, -0.25) is 10.3 Å². The van der Waals surface area contributed by atoms with Gasteiger partial charge in [0, 0.05) is 24.4 Å². The predicted octanol–water partition coefficient (Wildman–Crippen LogP) is 4.51. The lowest BCUT2D eigenvalue weighted by molar-refractivity contribution is 0.159. The summed E-state index contributed by atoms with van der Waals surface area (Å²) in [7, 11) is 0. The van der Waals surface area contributed by atoms with Crippen LogP contribution in [0.4, 0.5) is 10.5 Å². The van der Waals surface area contributed by atoms with Crippen molar-refractivity contribution in [1.29, 1.82) is 0 Å². The molecule has 0 unspecified atom stereocenters. The molecular formula is C20H17ClN2O2. The zero-order valence-electron chi connectivity index (χ0n) is 13.6. The number of hydrogen-bond acceptors (Lipinski definition) is 3. The summed E-state index contributed by atoms with van der Waals surface area (Å²) in [5.74, 6) is 11.5. The average Bonchev–Trinajstić information content (AvgIpc) is 2.63. The van der Waals surface area contributed by atoms with E-state index >= 15 is 0 Å². The van der Waals surface area contributed by atoms with Crippen molar-refractivity contribution in [3.05, 3.63) is 59.4 Å². The lowest BCUT2D eigenvalue weighted by Gasteiger charge is -2.07. The molecule has 0 spiro atoms. The van der Waals surface area contributed by atoms with Crippen molar-refractivity contribution in [2.45, 2.75) is 19.3 Å². The van der Waals surface area contributed by atoms with Gasteiger partial charge in [0.15, 0.2) is 0 Å². The normalized spacial score (nSPS) is 9.16. The largest absolute Gasteiger partial charge is 0.449 e. The van der Waals surface area contributed by atoms with Crippen LogP contribution in [0.25, 0.3) is 0 Å². The Hall–Kier alpha value is -2.95. The quantitative estimate of drug-likeness (QED) is 0.636. The second-order valence-corrected chi connectivity index (χ2v) is 5.39. The van der Waals surface area contributed by atoms with E-state index in [4.69, 9.17) is 16.3 Å². The molecule has 5 heteroatoms. The molecule has 0 saturated carbocycles. The van der Waals surface area contributed by atoms with Gasteiger partial charge in [0.25, 0.3) is 0 Å². The van der Waals surface area contributed by atoms with E-state index in [0.717, 1.165) is 18.4 Å². The minimum atomic E-state index is -0.512. The number of para-hydroxylation sites is 1. The van der Waals surface area contributed by atoms with Crippen LogP contribution in [0.15, 0.2) is 48.8 Å². The number of nitrogens with one attached hydrogen (secondary N) is 1. The zero-order chi connectivity index (χ0) is 17.7. The van der Waals surface area contributed by atoms with Crippen molar-refractivity contribution in [3.63, 3.8) is 0 Å². The molecule has 0 aliphatic rings. The van der Waals surface area contributed by atoms with E-state index in [1.54, 1.807) is 36.7 Å². The minimum Gasteiger partial charge on any atom is -0.449 e. The molecule has 0 atom stereocenters. The molecule has 0 fully saturated rings. The minimum absolute atomic E-state index is 0.334. The Morgan fingerprint density at radius 2 is 1.92 bits per heavy atom. The summed E-state index contributed by atoms with van der Waals surface area (Å²) in [5.41, 5.74) is 1.43. The third kappa shape index (κ3) is 7.44. The first-order valence-corrected chi connectivity index (χ1v) is 8.21. The number of halogens is 1. The average molecular weight is 353 g/mol. The highest BCUT2D eigenvalue weighted by molar-refractivity contribution is 6.33. The Bertz CT molecular complexity index is 814. The van der Waals surface area contributed by atoms with Crippen LogP contribution in [0.3, 0.4) is 0 Å². The molecule has 0 bridgehead atoms. The molecule has 1 N–H and O–H groups in total. The molecule has 2 aromatic rings. The number of rotatable bonds is 5. The zero-order valence-corrected chi connectivity index (χ0v) is 14.3. The number of hydrogen-bond donors (Lipinski definition) is 1. The van der Waals surface area contributed by atoms with Gasteiger partial charge in [-0.1, -0.05) is 35.6 Å². The number of ether oxygens (including phenoxy) is 1. The van der Waals surface area contributed by atoms with Crippen molar-refractivity contribution in [3.8, 4) is 23.7 Å². The third-order valence-electron chi connectivity index (χ3n) is 3.08. The van der Waals surface area contributed by atoms with Crippen molar-refractivity contribution in [2.24, 2.45) is 0 Å². The first-order chi connectivity index (χ1) is 12.3. The number of unbranched alkanes of at least 4 members (excludes halogenated alkanes) is 2. The smallest absolute Gasteiger partial charge is 0.411 e. The molecule has 126 valence electrons. The predicted molar refractivity (Wildman–Crippen MR) is 99.2 cm³/mol. The van der Waals surface area contributed by atoms with Crippen LogP contribution in [0, 0.1) is 23.7 Å². The van der Waals surface area contributed by atoms with Gasteiger partial charge < -0.3 is 4.74 Å². The number of nitrogens with zero attached hydrogens (tertiary/aromatic N) is 1. The molecule has 1 heterocycles. The second kappa shape index (κ2) is 10.8. The van der Waals surface area contributed by atoms with Gasteiger partial charge in [-0.15, -0.1) is 0 Å². The van der Waals surface area contributed by atoms with Crippen molar-refractivity contribution < 1.29 is 9.53 Å². The van der Waals surface area contributed by atoms with Crippen LogP contribution in [-0.4, -0.2) is 17.7 Å². The van der Waals surface area contributed by atoms with Gasteiger partial charge in [0.05, 0.1) is 17.3 Å². The Kier molecular flexibility index (Phi) is 7.91. The maximum Gasteiger partial charge on any atom is 0.411 e. The maximum atomic E-state index is 11.6. The van der Waals surface area contributed by atoms with E-state index in [1.165, 1.54) is 0 Å². The van der Waals surface area contributed by atoms with Crippen LogP contribution in [0.2, 0.25) is 5.02 Å². The fraction of sp³-hybridized carbons (Fsp3) is 0.200. The standard InChI is InChI=1S/C20H17ClN2O2/c21-18-10-6-7-11-19(18)23-20(24)25-16-8-4-2-1-3-5-9-17-12-14-22-15-13-17/h6-7,10-15H,2,4,8,16H2,(H,23,24). The van der Waals surface area contributed by atoms with E-state index in [1.807, 2.05) is 12.1 Å². The molecule has 0 saturated heterocycles. The summed E-state index contributed by atoms with van der Waals surface area (Å²) in [6.45, 7) is 0.334. The maximum absolute atomic E-state index is 11.6. The number of carbonyl (C=O) groups is 1. The number of carbonyl (C=O) groups excluding carboxylic acids is 1.